The summed E-state index contributed by atoms with van der Waals surface area (Å²) < 4.78 is 46.4. The van der Waals surface area contributed by atoms with Gasteiger partial charge in [0.1, 0.15) is 5.75 Å². The second-order valence-corrected chi connectivity index (χ2v) is 8.81. The van der Waals surface area contributed by atoms with E-state index in [1.165, 1.54) is 40.7 Å². The standard InChI is InChI=1S/C25H19F3N2O2S/c26-25(27,28)19-10-7-18(8-11-19)22-20(29-24-30(23(22)31)13-14-33-24)12-9-17-3-1-2-4-21(17)32-15-16-5-6-16/h1-4,7-14,16H,5-6,15H2. The molecule has 0 aliphatic heterocycles. The van der Waals surface area contributed by atoms with Gasteiger partial charge in [-0.3, -0.25) is 9.20 Å². The molecule has 0 N–H and O–H groups in total. The van der Waals surface area contributed by atoms with Crippen molar-refractivity contribution in [3.63, 3.8) is 0 Å². The van der Waals surface area contributed by atoms with Crippen molar-refractivity contribution >= 4 is 28.4 Å². The van der Waals surface area contributed by atoms with Crippen LogP contribution in [0.25, 0.3) is 28.2 Å². The summed E-state index contributed by atoms with van der Waals surface area (Å²) in [6.07, 6.45) is 3.06. The summed E-state index contributed by atoms with van der Waals surface area (Å²) >= 11 is 1.31. The molecule has 4 aromatic rings. The molecule has 168 valence electrons. The van der Waals surface area contributed by atoms with Gasteiger partial charge < -0.3 is 4.74 Å². The van der Waals surface area contributed by atoms with Crippen LogP contribution in [0.3, 0.4) is 0 Å². The molecule has 0 saturated heterocycles. The molecule has 2 aromatic carbocycles. The lowest BCUT2D eigenvalue weighted by molar-refractivity contribution is -0.137. The van der Waals surface area contributed by atoms with E-state index >= 15 is 0 Å². The van der Waals surface area contributed by atoms with E-state index in [1.54, 1.807) is 17.7 Å². The van der Waals surface area contributed by atoms with Gasteiger partial charge in [0.2, 0.25) is 0 Å². The van der Waals surface area contributed by atoms with Crippen LogP contribution in [0, 0.1) is 5.92 Å². The first kappa shape index (κ1) is 21.5. The molecule has 0 bridgehead atoms. The third kappa shape index (κ3) is 4.57. The van der Waals surface area contributed by atoms with Crippen molar-refractivity contribution in [2.24, 2.45) is 5.92 Å². The van der Waals surface area contributed by atoms with Gasteiger partial charge in [-0.2, -0.15) is 13.2 Å². The summed E-state index contributed by atoms with van der Waals surface area (Å²) in [6.45, 7) is 0.669. The van der Waals surface area contributed by atoms with Crippen molar-refractivity contribution in [3.8, 4) is 16.9 Å². The van der Waals surface area contributed by atoms with Gasteiger partial charge in [0, 0.05) is 17.1 Å². The van der Waals surface area contributed by atoms with E-state index in [9.17, 15) is 18.0 Å². The van der Waals surface area contributed by atoms with Crippen LogP contribution >= 0.6 is 11.3 Å². The molecule has 1 aliphatic carbocycles. The summed E-state index contributed by atoms with van der Waals surface area (Å²) in [5, 5.41) is 1.74. The fourth-order valence-corrected chi connectivity index (χ4v) is 4.24. The number of aromatic nitrogens is 2. The zero-order valence-electron chi connectivity index (χ0n) is 17.4. The number of halogens is 3. The molecule has 1 fully saturated rings. The fraction of sp³-hybridized carbons (Fsp3) is 0.200. The Labute approximate surface area is 191 Å². The number of rotatable bonds is 6. The number of para-hydroxylation sites is 1. The van der Waals surface area contributed by atoms with Crippen LogP contribution < -0.4 is 10.3 Å². The maximum absolute atomic E-state index is 13.2. The van der Waals surface area contributed by atoms with Gasteiger partial charge in [-0.05, 0) is 54.7 Å². The Morgan fingerprint density at radius 3 is 2.58 bits per heavy atom. The first-order chi connectivity index (χ1) is 15.9. The smallest absolute Gasteiger partial charge is 0.416 e. The van der Waals surface area contributed by atoms with Crippen molar-refractivity contribution < 1.29 is 17.9 Å². The number of fused-ring (bicyclic) bond motifs is 1. The number of benzene rings is 2. The summed E-state index contributed by atoms with van der Waals surface area (Å²) in [5.41, 5.74) is 0.740. The molecule has 1 aliphatic rings. The number of hydrogen-bond acceptors (Lipinski definition) is 4. The highest BCUT2D eigenvalue weighted by molar-refractivity contribution is 7.15. The molecule has 0 unspecified atom stereocenters. The number of thiazole rings is 1. The van der Waals surface area contributed by atoms with Crippen molar-refractivity contribution in [3.05, 3.63) is 87.3 Å². The fourth-order valence-electron chi connectivity index (χ4n) is 3.52. The van der Waals surface area contributed by atoms with Gasteiger partial charge in [0.15, 0.2) is 4.96 Å². The number of hydrogen-bond donors (Lipinski definition) is 0. The minimum absolute atomic E-state index is 0.243. The minimum atomic E-state index is -4.45. The molecule has 0 spiro atoms. The molecule has 2 aromatic heterocycles. The van der Waals surface area contributed by atoms with Gasteiger partial charge >= 0.3 is 6.18 Å². The van der Waals surface area contributed by atoms with E-state index < -0.39 is 11.7 Å². The minimum Gasteiger partial charge on any atom is -0.493 e. The lowest BCUT2D eigenvalue weighted by Crippen LogP contribution is -2.17. The monoisotopic (exact) mass is 468 g/mol. The van der Waals surface area contributed by atoms with E-state index in [0.717, 1.165) is 23.4 Å². The molecule has 8 heteroatoms. The summed E-state index contributed by atoms with van der Waals surface area (Å²) in [4.78, 5) is 18.3. The van der Waals surface area contributed by atoms with Crippen molar-refractivity contribution in [2.45, 2.75) is 19.0 Å². The Morgan fingerprint density at radius 2 is 1.85 bits per heavy atom. The van der Waals surface area contributed by atoms with Gasteiger partial charge in [0.25, 0.3) is 5.56 Å². The first-order valence-corrected chi connectivity index (χ1v) is 11.4. The molecule has 4 nitrogen and oxygen atoms in total. The lowest BCUT2D eigenvalue weighted by Gasteiger charge is -2.10. The second-order valence-electron chi connectivity index (χ2n) is 7.93. The molecule has 0 amide bonds. The average Bonchev–Trinajstić information content (AvgIpc) is 3.51. The highest BCUT2D eigenvalue weighted by Crippen LogP contribution is 2.32. The Hall–Kier alpha value is -3.39. The molecule has 2 heterocycles. The van der Waals surface area contributed by atoms with E-state index in [0.29, 0.717) is 28.7 Å². The van der Waals surface area contributed by atoms with Gasteiger partial charge in [0.05, 0.1) is 23.4 Å². The summed E-state index contributed by atoms with van der Waals surface area (Å²) in [6, 6.07) is 12.2. The Balaban J connectivity index is 1.56. The van der Waals surface area contributed by atoms with Crippen molar-refractivity contribution in [1.29, 1.82) is 0 Å². The molecular formula is C25H19F3N2O2S. The zero-order valence-corrected chi connectivity index (χ0v) is 18.2. The Kier molecular flexibility index (Phi) is 5.54. The first-order valence-electron chi connectivity index (χ1n) is 10.5. The predicted molar refractivity (Wildman–Crippen MR) is 123 cm³/mol. The van der Waals surface area contributed by atoms with E-state index in [1.807, 2.05) is 30.3 Å². The van der Waals surface area contributed by atoms with E-state index in [2.05, 4.69) is 4.98 Å². The highest BCUT2D eigenvalue weighted by atomic mass is 32.1. The molecule has 0 atom stereocenters. The third-order valence-electron chi connectivity index (χ3n) is 5.51. The summed E-state index contributed by atoms with van der Waals surface area (Å²) in [7, 11) is 0. The summed E-state index contributed by atoms with van der Waals surface area (Å²) in [5.74, 6) is 1.35. The molecule has 1 saturated carbocycles. The van der Waals surface area contributed by atoms with Gasteiger partial charge in [-0.1, -0.05) is 30.3 Å². The maximum atomic E-state index is 13.2. The highest BCUT2D eigenvalue weighted by Gasteiger charge is 2.30. The Morgan fingerprint density at radius 1 is 1.09 bits per heavy atom. The van der Waals surface area contributed by atoms with Crippen LogP contribution in [-0.4, -0.2) is 16.0 Å². The van der Waals surface area contributed by atoms with E-state index in [-0.39, 0.29) is 11.1 Å². The Bertz CT molecular complexity index is 1380. The van der Waals surface area contributed by atoms with Gasteiger partial charge in [-0.25, -0.2) is 4.98 Å². The maximum Gasteiger partial charge on any atom is 0.416 e. The van der Waals surface area contributed by atoms with Gasteiger partial charge in [-0.15, -0.1) is 11.3 Å². The normalized spacial score (nSPS) is 14.3. The largest absolute Gasteiger partial charge is 0.493 e. The number of alkyl halides is 3. The molecule has 0 radical (unpaired) electrons. The number of ether oxygens (including phenoxy) is 1. The molecule has 33 heavy (non-hydrogen) atoms. The van der Waals surface area contributed by atoms with Crippen LogP contribution in [0.4, 0.5) is 13.2 Å². The van der Waals surface area contributed by atoms with Crippen LogP contribution in [-0.2, 0) is 6.18 Å². The van der Waals surface area contributed by atoms with Crippen molar-refractivity contribution in [2.75, 3.05) is 6.61 Å². The van der Waals surface area contributed by atoms with E-state index in [4.69, 9.17) is 4.74 Å². The topological polar surface area (TPSA) is 43.6 Å². The quantitative estimate of drug-likeness (QED) is 0.329. The average molecular weight is 469 g/mol. The lowest BCUT2D eigenvalue weighted by atomic mass is 10.0. The predicted octanol–water partition coefficient (Wildman–Crippen LogP) is 6.40. The third-order valence-corrected chi connectivity index (χ3v) is 6.26. The number of nitrogens with zero attached hydrogens (tertiary/aromatic N) is 2. The van der Waals surface area contributed by atoms with Crippen LogP contribution in [0.1, 0.15) is 29.7 Å². The molecular weight excluding hydrogens is 449 g/mol. The van der Waals surface area contributed by atoms with Crippen molar-refractivity contribution in [1.82, 2.24) is 9.38 Å². The SMILES string of the molecule is O=c1c(-c2ccc(C(F)(F)F)cc2)c(C=Cc2ccccc2OCC2CC2)nc2sccn12. The van der Waals surface area contributed by atoms with Crippen LogP contribution in [0.15, 0.2) is 64.9 Å². The zero-order chi connectivity index (χ0) is 23.0. The van der Waals surface area contributed by atoms with Crippen LogP contribution in [0.2, 0.25) is 0 Å². The molecule has 5 rings (SSSR count). The second kappa shape index (κ2) is 8.51. The van der Waals surface area contributed by atoms with Crippen LogP contribution in [0.5, 0.6) is 5.75 Å².